The SMILES string of the molecule is CCc1ccc(OC(F)(F)F)cc1[C](C)C. The number of benzene rings is 1. The van der Waals surface area contributed by atoms with E-state index in [9.17, 15) is 13.2 Å². The second-order valence-electron chi connectivity index (χ2n) is 3.72. The van der Waals surface area contributed by atoms with Gasteiger partial charge in [0, 0.05) is 0 Å². The highest BCUT2D eigenvalue weighted by atomic mass is 19.4. The minimum Gasteiger partial charge on any atom is -0.406 e. The smallest absolute Gasteiger partial charge is 0.406 e. The van der Waals surface area contributed by atoms with Gasteiger partial charge in [-0.1, -0.05) is 26.8 Å². The molecule has 1 nitrogen and oxygen atoms in total. The molecule has 16 heavy (non-hydrogen) atoms. The molecule has 0 unspecified atom stereocenters. The zero-order valence-electron chi connectivity index (χ0n) is 9.48. The van der Waals surface area contributed by atoms with E-state index in [-0.39, 0.29) is 5.75 Å². The summed E-state index contributed by atoms with van der Waals surface area (Å²) in [6, 6.07) is 4.45. The van der Waals surface area contributed by atoms with Crippen molar-refractivity contribution in [1.82, 2.24) is 0 Å². The Kier molecular flexibility index (Phi) is 3.83. The topological polar surface area (TPSA) is 9.23 Å². The summed E-state index contributed by atoms with van der Waals surface area (Å²) >= 11 is 0. The molecule has 0 spiro atoms. The largest absolute Gasteiger partial charge is 0.573 e. The van der Waals surface area contributed by atoms with Crippen LogP contribution in [0.4, 0.5) is 13.2 Å². The van der Waals surface area contributed by atoms with Crippen molar-refractivity contribution in [1.29, 1.82) is 0 Å². The van der Waals surface area contributed by atoms with Crippen molar-refractivity contribution in [3.05, 3.63) is 35.2 Å². The van der Waals surface area contributed by atoms with E-state index in [4.69, 9.17) is 0 Å². The lowest BCUT2D eigenvalue weighted by Gasteiger charge is -2.14. The fraction of sp³-hybridized carbons (Fsp3) is 0.417. The summed E-state index contributed by atoms with van der Waals surface area (Å²) in [6.07, 6.45) is -3.85. The Bertz CT molecular complexity index is 356. The molecule has 0 heterocycles. The fourth-order valence-electron chi connectivity index (χ4n) is 1.53. The molecule has 0 saturated heterocycles. The standard InChI is InChI=1S/C12H14F3O/c1-4-9-5-6-10(16-12(13,14)15)7-11(9)8(2)3/h5-7H,4H2,1-3H3. The third-order valence-electron chi connectivity index (χ3n) is 2.23. The average Bonchev–Trinajstić information content (AvgIpc) is 2.15. The Morgan fingerprint density at radius 2 is 1.88 bits per heavy atom. The van der Waals surface area contributed by atoms with Crippen molar-refractivity contribution < 1.29 is 17.9 Å². The molecule has 0 atom stereocenters. The summed E-state index contributed by atoms with van der Waals surface area (Å²) in [7, 11) is 0. The molecule has 0 saturated carbocycles. The minimum atomic E-state index is -4.63. The fourth-order valence-corrected chi connectivity index (χ4v) is 1.53. The lowest BCUT2D eigenvalue weighted by atomic mass is 9.95. The van der Waals surface area contributed by atoms with Gasteiger partial charge in [-0.15, -0.1) is 13.2 Å². The summed E-state index contributed by atoms with van der Waals surface area (Å²) in [4.78, 5) is 0. The zero-order chi connectivity index (χ0) is 12.3. The average molecular weight is 231 g/mol. The second-order valence-corrected chi connectivity index (χ2v) is 3.72. The van der Waals surface area contributed by atoms with Gasteiger partial charge in [0.25, 0.3) is 0 Å². The van der Waals surface area contributed by atoms with E-state index in [2.05, 4.69) is 4.74 Å². The van der Waals surface area contributed by atoms with E-state index in [1.165, 1.54) is 12.1 Å². The molecule has 0 aliphatic rings. The van der Waals surface area contributed by atoms with Crippen LogP contribution in [0, 0.1) is 5.92 Å². The summed E-state index contributed by atoms with van der Waals surface area (Å²) in [5.74, 6) is 0.811. The van der Waals surface area contributed by atoms with Crippen molar-refractivity contribution >= 4 is 0 Å². The third kappa shape index (κ3) is 3.43. The molecule has 89 valence electrons. The Labute approximate surface area is 93.2 Å². The van der Waals surface area contributed by atoms with Gasteiger partial charge >= 0.3 is 6.36 Å². The van der Waals surface area contributed by atoms with E-state index in [1.807, 2.05) is 20.8 Å². The molecule has 1 aromatic rings. The number of halogens is 3. The molecule has 0 aliphatic heterocycles. The van der Waals surface area contributed by atoms with Gasteiger partial charge in [0.2, 0.25) is 0 Å². The molecule has 0 aromatic heterocycles. The monoisotopic (exact) mass is 231 g/mol. The van der Waals surface area contributed by atoms with Crippen molar-refractivity contribution in [2.75, 3.05) is 0 Å². The third-order valence-corrected chi connectivity index (χ3v) is 2.23. The number of ether oxygens (including phenoxy) is 1. The molecule has 1 radical (unpaired) electrons. The van der Waals surface area contributed by atoms with E-state index in [0.29, 0.717) is 0 Å². The first-order chi connectivity index (χ1) is 7.33. The Morgan fingerprint density at radius 3 is 2.31 bits per heavy atom. The predicted molar refractivity (Wildman–Crippen MR) is 56.2 cm³/mol. The van der Waals surface area contributed by atoms with Gasteiger partial charge in [0.1, 0.15) is 5.75 Å². The highest BCUT2D eigenvalue weighted by Gasteiger charge is 2.31. The van der Waals surface area contributed by atoms with Gasteiger partial charge in [-0.3, -0.25) is 0 Å². The molecule has 0 aliphatic carbocycles. The van der Waals surface area contributed by atoms with E-state index in [0.717, 1.165) is 23.5 Å². The number of hydrogen-bond donors (Lipinski definition) is 0. The first-order valence-electron chi connectivity index (χ1n) is 5.02. The molecule has 0 amide bonds. The van der Waals surface area contributed by atoms with E-state index >= 15 is 0 Å². The van der Waals surface area contributed by atoms with Crippen LogP contribution in [0.5, 0.6) is 5.75 Å². The Balaban J connectivity index is 3.02. The first kappa shape index (κ1) is 12.9. The number of alkyl halides is 3. The highest BCUT2D eigenvalue weighted by Crippen LogP contribution is 2.28. The number of hydrogen-bond acceptors (Lipinski definition) is 1. The van der Waals surface area contributed by atoms with Gasteiger partial charge in [0.15, 0.2) is 0 Å². The van der Waals surface area contributed by atoms with Crippen molar-refractivity contribution in [3.8, 4) is 5.75 Å². The van der Waals surface area contributed by atoms with Crippen LogP contribution in [0.15, 0.2) is 18.2 Å². The molecular formula is C12H14F3O. The van der Waals surface area contributed by atoms with E-state index in [1.54, 1.807) is 6.07 Å². The van der Waals surface area contributed by atoms with Gasteiger partial charge in [-0.25, -0.2) is 0 Å². The maximum Gasteiger partial charge on any atom is 0.573 e. The van der Waals surface area contributed by atoms with Crippen molar-refractivity contribution in [2.45, 2.75) is 33.6 Å². The molecule has 0 N–H and O–H groups in total. The zero-order valence-corrected chi connectivity index (χ0v) is 9.48. The number of aryl methyl sites for hydroxylation is 1. The van der Waals surface area contributed by atoms with E-state index < -0.39 is 6.36 Å². The molecule has 0 bridgehead atoms. The van der Waals surface area contributed by atoms with Gasteiger partial charge in [0.05, 0.1) is 0 Å². The summed E-state index contributed by atoms with van der Waals surface area (Å²) < 4.78 is 40.0. The molecular weight excluding hydrogens is 217 g/mol. The molecule has 4 heteroatoms. The first-order valence-corrected chi connectivity index (χ1v) is 5.02. The molecule has 0 fully saturated rings. The van der Waals surface area contributed by atoms with Crippen LogP contribution in [0.2, 0.25) is 0 Å². The summed E-state index contributed by atoms with van der Waals surface area (Å²) in [5, 5.41) is 0. The summed E-state index contributed by atoms with van der Waals surface area (Å²) in [6.45, 7) is 5.70. The summed E-state index contributed by atoms with van der Waals surface area (Å²) in [5.41, 5.74) is 1.85. The van der Waals surface area contributed by atoms with Crippen LogP contribution in [-0.4, -0.2) is 6.36 Å². The highest BCUT2D eigenvalue weighted by molar-refractivity contribution is 5.42. The number of rotatable bonds is 3. The Morgan fingerprint density at radius 1 is 1.25 bits per heavy atom. The van der Waals surface area contributed by atoms with Crippen LogP contribution < -0.4 is 4.74 Å². The van der Waals surface area contributed by atoms with Crippen LogP contribution in [-0.2, 0) is 6.42 Å². The van der Waals surface area contributed by atoms with Gasteiger partial charge in [-0.2, -0.15) is 0 Å². The van der Waals surface area contributed by atoms with Crippen LogP contribution in [0.3, 0.4) is 0 Å². The van der Waals surface area contributed by atoms with Gasteiger partial charge in [-0.05, 0) is 35.6 Å². The quantitative estimate of drug-likeness (QED) is 0.760. The van der Waals surface area contributed by atoms with Crippen LogP contribution in [0.25, 0.3) is 0 Å². The normalized spacial score (nSPS) is 11.9. The van der Waals surface area contributed by atoms with Gasteiger partial charge < -0.3 is 4.74 Å². The molecule has 1 aromatic carbocycles. The second kappa shape index (κ2) is 4.76. The Hall–Kier alpha value is -1.19. The van der Waals surface area contributed by atoms with Crippen LogP contribution in [0.1, 0.15) is 31.9 Å². The maximum atomic E-state index is 12.0. The van der Waals surface area contributed by atoms with Crippen LogP contribution >= 0.6 is 0 Å². The minimum absolute atomic E-state index is 0.166. The lowest BCUT2D eigenvalue weighted by molar-refractivity contribution is -0.274. The molecule has 1 rings (SSSR count). The van der Waals surface area contributed by atoms with Crippen molar-refractivity contribution in [3.63, 3.8) is 0 Å². The maximum absolute atomic E-state index is 12.0. The van der Waals surface area contributed by atoms with Crippen molar-refractivity contribution in [2.24, 2.45) is 0 Å². The lowest BCUT2D eigenvalue weighted by Crippen LogP contribution is -2.17. The predicted octanol–water partition coefficient (Wildman–Crippen LogP) is 4.11.